The summed E-state index contributed by atoms with van der Waals surface area (Å²) in [6, 6.07) is 4.52. The molecule has 7 heteroatoms. The summed E-state index contributed by atoms with van der Waals surface area (Å²) in [5.74, 6) is 1.03. The maximum Gasteiger partial charge on any atom is 0.273 e. The fourth-order valence-corrected chi connectivity index (χ4v) is 1.59. The number of aryl methyl sites for hydroxylation is 1. The fraction of sp³-hybridized carbons (Fsp3) is 0.250. The first-order valence-electron chi connectivity index (χ1n) is 5.52. The highest BCUT2D eigenvalue weighted by atomic mass is 16.6. The average Bonchev–Trinajstić information content (AvgIpc) is 2.81. The molecular formula is C12H13N3O4. The van der Waals surface area contributed by atoms with Gasteiger partial charge in [0.25, 0.3) is 5.69 Å². The lowest BCUT2D eigenvalue weighted by Gasteiger charge is -2.06. The molecule has 0 radical (unpaired) electrons. The molecule has 1 heterocycles. The highest BCUT2D eigenvalue weighted by Crippen LogP contribution is 2.23. The van der Waals surface area contributed by atoms with Crippen molar-refractivity contribution in [2.45, 2.75) is 6.61 Å². The summed E-state index contributed by atoms with van der Waals surface area (Å²) in [4.78, 5) is 10.3. The van der Waals surface area contributed by atoms with E-state index in [1.165, 1.54) is 19.2 Å². The van der Waals surface area contributed by atoms with Gasteiger partial charge in [0.1, 0.15) is 12.4 Å². The van der Waals surface area contributed by atoms with E-state index < -0.39 is 4.92 Å². The van der Waals surface area contributed by atoms with Gasteiger partial charge in [-0.1, -0.05) is 0 Å². The van der Waals surface area contributed by atoms with Gasteiger partial charge in [0.05, 0.1) is 30.5 Å². The number of hydrogen-bond donors (Lipinski definition) is 0. The van der Waals surface area contributed by atoms with E-state index in [-0.39, 0.29) is 12.3 Å². The van der Waals surface area contributed by atoms with E-state index in [9.17, 15) is 10.1 Å². The largest absolute Gasteiger partial charge is 0.496 e. The van der Waals surface area contributed by atoms with E-state index in [0.29, 0.717) is 17.1 Å². The molecule has 0 amide bonds. The van der Waals surface area contributed by atoms with Crippen LogP contribution in [0.15, 0.2) is 30.6 Å². The predicted molar refractivity (Wildman–Crippen MR) is 67.2 cm³/mol. The second kappa shape index (κ2) is 5.38. The number of benzene rings is 1. The minimum Gasteiger partial charge on any atom is -0.496 e. The molecule has 2 aromatic rings. The molecule has 0 saturated heterocycles. The number of non-ortho nitro benzene ring substituents is 1. The van der Waals surface area contributed by atoms with Crippen LogP contribution < -0.4 is 9.47 Å². The zero-order valence-electron chi connectivity index (χ0n) is 10.6. The van der Waals surface area contributed by atoms with Crippen LogP contribution in [0, 0.1) is 10.1 Å². The Morgan fingerprint density at radius 2 is 2.16 bits per heavy atom. The van der Waals surface area contributed by atoms with Crippen molar-refractivity contribution >= 4 is 5.69 Å². The molecule has 0 aliphatic rings. The van der Waals surface area contributed by atoms with Gasteiger partial charge in [-0.3, -0.25) is 14.8 Å². The number of nitro groups is 1. The Labute approximate surface area is 109 Å². The first-order chi connectivity index (χ1) is 9.08. The second-order valence-electron chi connectivity index (χ2n) is 3.93. The predicted octanol–water partition coefficient (Wildman–Crippen LogP) is 1.92. The Kier molecular flexibility index (Phi) is 3.65. The minimum atomic E-state index is -0.462. The van der Waals surface area contributed by atoms with Crippen LogP contribution in [0.4, 0.5) is 5.69 Å². The van der Waals surface area contributed by atoms with Crippen molar-refractivity contribution in [3.05, 3.63) is 46.3 Å². The summed E-state index contributed by atoms with van der Waals surface area (Å²) >= 11 is 0. The zero-order valence-corrected chi connectivity index (χ0v) is 10.6. The zero-order chi connectivity index (χ0) is 13.8. The lowest BCUT2D eigenvalue weighted by atomic mass is 10.2. The van der Waals surface area contributed by atoms with Crippen molar-refractivity contribution in [1.82, 2.24) is 9.78 Å². The Bertz CT molecular complexity index is 594. The summed E-state index contributed by atoms with van der Waals surface area (Å²) in [5.41, 5.74) is 0.638. The molecule has 1 aromatic carbocycles. The van der Waals surface area contributed by atoms with Crippen molar-refractivity contribution in [2.75, 3.05) is 7.11 Å². The Hall–Kier alpha value is -2.57. The smallest absolute Gasteiger partial charge is 0.273 e. The van der Waals surface area contributed by atoms with Crippen LogP contribution in [0.25, 0.3) is 0 Å². The maximum absolute atomic E-state index is 10.8. The third-order valence-electron chi connectivity index (χ3n) is 2.48. The van der Waals surface area contributed by atoms with Gasteiger partial charge in [0.15, 0.2) is 5.75 Å². The van der Waals surface area contributed by atoms with Crippen LogP contribution in [0.1, 0.15) is 5.56 Å². The van der Waals surface area contributed by atoms with Crippen molar-refractivity contribution in [3.63, 3.8) is 0 Å². The van der Waals surface area contributed by atoms with Gasteiger partial charge >= 0.3 is 0 Å². The van der Waals surface area contributed by atoms with E-state index in [0.717, 1.165) is 0 Å². The highest BCUT2D eigenvalue weighted by Gasteiger charge is 2.10. The summed E-state index contributed by atoms with van der Waals surface area (Å²) < 4.78 is 12.1. The molecular weight excluding hydrogens is 250 g/mol. The lowest BCUT2D eigenvalue weighted by Crippen LogP contribution is -1.98. The number of rotatable bonds is 5. The number of nitrogens with zero attached hydrogens (tertiary/aromatic N) is 3. The first-order valence-corrected chi connectivity index (χ1v) is 5.52. The first kappa shape index (κ1) is 12.9. The fourth-order valence-electron chi connectivity index (χ4n) is 1.59. The highest BCUT2D eigenvalue weighted by molar-refractivity contribution is 5.42. The molecule has 0 N–H and O–H groups in total. The standard InChI is InChI=1S/C12H13N3O4/c1-14-7-12(6-13-14)19-8-9-3-10(15(16)17)5-11(4-9)18-2/h3-7H,8H2,1-2H3. The van der Waals surface area contributed by atoms with Crippen LogP contribution in [-0.2, 0) is 13.7 Å². The Balaban J connectivity index is 2.15. The molecule has 0 spiro atoms. The van der Waals surface area contributed by atoms with Crippen LogP contribution in [0.5, 0.6) is 11.5 Å². The number of nitro benzene ring substituents is 1. The van der Waals surface area contributed by atoms with E-state index in [4.69, 9.17) is 9.47 Å². The van der Waals surface area contributed by atoms with Gasteiger partial charge in [-0.2, -0.15) is 5.10 Å². The maximum atomic E-state index is 10.8. The monoisotopic (exact) mass is 263 g/mol. The number of hydrogen-bond acceptors (Lipinski definition) is 5. The third kappa shape index (κ3) is 3.21. The summed E-state index contributed by atoms with van der Waals surface area (Å²) in [7, 11) is 3.24. The Morgan fingerprint density at radius 3 is 2.74 bits per heavy atom. The van der Waals surface area contributed by atoms with Crippen molar-refractivity contribution < 1.29 is 14.4 Å². The third-order valence-corrected chi connectivity index (χ3v) is 2.48. The summed E-state index contributed by atoms with van der Waals surface area (Å²) in [5, 5.41) is 14.8. The lowest BCUT2D eigenvalue weighted by molar-refractivity contribution is -0.385. The van der Waals surface area contributed by atoms with E-state index >= 15 is 0 Å². The van der Waals surface area contributed by atoms with Gasteiger partial charge in [-0.25, -0.2) is 0 Å². The van der Waals surface area contributed by atoms with Gasteiger partial charge < -0.3 is 9.47 Å². The molecule has 100 valence electrons. The van der Waals surface area contributed by atoms with Crippen molar-refractivity contribution in [3.8, 4) is 11.5 Å². The average molecular weight is 263 g/mol. The topological polar surface area (TPSA) is 79.4 Å². The van der Waals surface area contributed by atoms with E-state index in [2.05, 4.69) is 5.10 Å². The van der Waals surface area contributed by atoms with Gasteiger partial charge in [-0.15, -0.1) is 0 Å². The number of ether oxygens (including phenoxy) is 2. The van der Waals surface area contributed by atoms with Crippen LogP contribution in [0.2, 0.25) is 0 Å². The quantitative estimate of drug-likeness (QED) is 0.608. The molecule has 0 fully saturated rings. The number of methoxy groups -OCH3 is 1. The molecule has 0 aliphatic carbocycles. The summed E-state index contributed by atoms with van der Waals surface area (Å²) in [6.07, 6.45) is 3.29. The molecule has 0 aliphatic heterocycles. The van der Waals surface area contributed by atoms with Crippen molar-refractivity contribution in [1.29, 1.82) is 0 Å². The van der Waals surface area contributed by atoms with E-state index in [1.54, 1.807) is 30.2 Å². The SMILES string of the molecule is COc1cc(COc2cnn(C)c2)cc([N+](=O)[O-])c1. The van der Waals surface area contributed by atoms with Gasteiger partial charge in [0, 0.05) is 13.1 Å². The molecule has 0 unspecified atom stereocenters. The Morgan fingerprint density at radius 1 is 1.37 bits per heavy atom. The molecule has 0 bridgehead atoms. The second-order valence-corrected chi connectivity index (χ2v) is 3.93. The van der Waals surface area contributed by atoms with Gasteiger partial charge in [0.2, 0.25) is 0 Å². The summed E-state index contributed by atoms with van der Waals surface area (Å²) in [6.45, 7) is 0.212. The van der Waals surface area contributed by atoms with Crippen molar-refractivity contribution in [2.24, 2.45) is 7.05 Å². The van der Waals surface area contributed by atoms with Crippen LogP contribution >= 0.6 is 0 Å². The number of aromatic nitrogens is 2. The van der Waals surface area contributed by atoms with Crippen LogP contribution in [0.3, 0.4) is 0 Å². The van der Waals surface area contributed by atoms with E-state index in [1.807, 2.05) is 0 Å². The molecule has 1 aromatic heterocycles. The molecule has 2 rings (SSSR count). The molecule has 7 nitrogen and oxygen atoms in total. The molecule has 19 heavy (non-hydrogen) atoms. The minimum absolute atomic E-state index is 0.0239. The van der Waals surface area contributed by atoms with Gasteiger partial charge in [-0.05, 0) is 11.6 Å². The normalized spacial score (nSPS) is 10.2. The van der Waals surface area contributed by atoms with Crippen LogP contribution in [-0.4, -0.2) is 21.8 Å². The molecule has 0 saturated carbocycles. The molecule has 0 atom stereocenters.